The average Bonchev–Trinajstić information content (AvgIpc) is 2.51. The van der Waals surface area contributed by atoms with Gasteiger partial charge >= 0.3 is 6.18 Å². The van der Waals surface area contributed by atoms with Crippen LogP contribution in [0.4, 0.5) is 13.2 Å². The van der Waals surface area contributed by atoms with Crippen molar-refractivity contribution in [1.29, 1.82) is 5.26 Å². The third kappa shape index (κ3) is 3.77. The summed E-state index contributed by atoms with van der Waals surface area (Å²) in [5.41, 5.74) is 2.24. The molecule has 1 heterocycles. The van der Waals surface area contributed by atoms with Crippen LogP contribution in [-0.2, 0) is 13.6 Å². The highest BCUT2D eigenvalue weighted by atomic mass is 19.4. The first-order valence-corrected chi connectivity index (χ1v) is 5.60. The number of nitrogens with zero attached hydrogens (tertiary/aromatic N) is 2. The van der Waals surface area contributed by atoms with Gasteiger partial charge in [0.25, 0.3) is 0 Å². The van der Waals surface area contributed by atoms with Gasteiger partial charge < -0.3 is 9.88 Å². The quantitative estimate of drug-likeness (QED) is 0.903. The monoisotopic (exact) mass is 259 g/mol. The molecule has 0 aliphatic rings. The fourth-order valence-corrected chi connectivity index (χ4v) is 1.75. The molecule has 6 heteroatoms. The smallest absolute Gasteiger partial charge is 0.340 e. The number of aromatic nitrogens is 1. The first kappa shape index (κ1) is 14.6. The van der Waals surface area contributed by atoms with Crippen molar-refractivity contribution in [2.45, 2.75) is 39.0 Å². The molecule has 18 heavy (non-hydrogen) atoms. The Bertz CT molecular complexity index is 454. The Balaban J connectivity index is 2.62. The third-order valence-corrected chi connectivity index (χ3v) is 2.93. The van der Waals surface area contributed by atoms with Crippen LogP contribution in [0.1, 0.15) is 30.3 Å². The molecule has 1 unspecified atom stereocenters. The highest BCUT2D eigenvalue weighted by Crippen LogP contribution is 2.21. The number of nitrogens with one attached hydrogen (secondary N) is 1. The van der Waals surface area contributed by atoms with Crippen molar-refractivity contribution < 1.29 is 13.2 Å². The summed E-state index contributed by atoms with van der Waals surface area (Å²) in [5.74, 6) is 0. The van der Waals surface area contributed by atoms with Crippen LogP contribution in [0.25, 0.3) is 0 Å². The molecule has 0 radical (unpaired) electrons. The maximum Gasteiger partial charge on any atom is 0.390 e. The van der Waals surface area contributed by atoms with E-state index in [1.807, 2.05) is 13.0 Å². The minimum Gasteiger partial charge on any atom is -0.340 e. The van der Waals surface area contributed by atoms with Gasteiger partial charge in [0, 0.05) is 25.3 Å². The molecule has 1 aromatic rings. The molecule has 0 bridgehead atoms. The number of hydrogen-bond donors (Lipinski definition) is 1. The highest BCUT2D eigenvalue weighted by Gasteiger charge is 2.29. The number of nitriles is 1. The van der Waals surface area contributed by atoms with Gasteiger partial charge in [-0.3, -0.25) is 0 Å². The van der Waals surface area contributed by atoms with Gasteiger partial charge in [0.2, 0.25) is 0 Å². The van der Waals surface area contributed by atoms with Crippen molar-refractivity contribution in [1.82, 2.24) is 9.88 Å². The molecule has 1 aromatic heterocycles. The van der Waals surface area contributed by atoms with Crippen LogP contribution in [0.3, 0.4) is 0 Å². The van der Waals surface area contributed by atoms with Gasteiger partial charge in [-0.15, -0.1) is 0 Å². The predicted octanol–water partition coefficient (Wildman–Crippen LogP) is 2.64. The van der Waals surface area contributed by atoms with Crippen molar-refractivity contribution in [3.63, 3.8) is 0 Å². The van der Waals surface area contributed by atoms with Crippen LogP contribution >= 0.6 is 0 Å². The first-order chi connectivity index (χ1) is 8.24. The number of alkyl halides is 3. The van der Waals surface area contributed by atoms with Gasteiger partial charge in [0.1, 0.15) is 11.8 Å². The Labute approximate surface area is 104 Å². The molecule has 100 valence electrons. The van der Waals surface area contributed by atoms with Crippen molar-refractivity contribution in [2.75, 3.05) is 0 Å². The molecule has 1 rings (SSSR count). The number of halogens is 3. The lowest BCUT2D eigenvalue weighted by Crippen LogP contribution is -2.30. The van der Waals surface area contributed by atoms with Crippen molar-refractivity contribution in [2.24, 2.45) is 7.05 Å². The zero-order valence-electron chi connectivity index (χ0n) is 10.6. The van der Waals surface area contributed by atoms with Crippen LogP contribution in [0.2, 0.25) is 0 Å². The van der Waals surface area contributed by atoms with Crippen LogP contribution < -0.4 is 5.32 Å². The highest BCUT2D eigenvalue weighted by molar-refractivity contribution is 5.34. The molecule has 0 fully saturated rings. The van der Waals surface area contributed by atoms with Gasteiger partial charge in [-0.25, -0.2) is 0 Å². The Morgan fingerprint density at radius 2 is 2.11 bits per heavy atom. The number of hydrogen-bond acceptors (Lipinski definition) is 2. The summed E-state index contributed by atoms with van der Waals surface area (Å²) in [6, 6.07) is 3.09. The summed E-state index contributed by atoms with van der Waals surface area (Å²) in [4.78, 5) is 0. The summed E-state index contributed by atoms with van der Waals surface area (Å²) in [6.45, 7) is 3.67. The summed E-state index contributed by atoms with van der Waals surface area (Å²) in [6.07, 6.45) is -5.01. The normalized spacial score (nSPS) is 13.4. The maximum atomic E-state index is 12.1. The maximum absolute atomic E-state index is 12.1. The molecule has 0 aromatic carbocycles. The van der Waals surface area contributed by atoms with Crippen LogP contribution in [-0.4, -0.2) is 16.8 Å². The molecule has 1 N–H and O–H groups in total. The van der Waals surface area contributed by atoms with E-state index in [4.69, 9.17) is 5.26 Å². The zero-order valence-corrected chi connectivity index (χ0v) is 10.6. The van der Waals surface area contributed by atoms with Crippen molar-refractivity contribution in [3.05, 3.63) is 23.0 Å². The zero-order chi connectivity index (χ0) is 13.9. The summed E-state index contributed by atoms with van der Waals surface area (Å²) in [7, 11) is 1.76. The van der Waals surface area contributed by atoms with E-state index in [0.29, 0.717) is 12.2 Å². The molecule has 0 spiro atoms. The van der Waals surface area contributed by atoms with E-state index in [1.54, 1.807) is 17.7 Å². The van der Waals surface area contributed by atoms with E-state index in [0.717, 1.165) is 11.3 Å². The molecule has 0 saturated heterocycles. The van der Waals surface area contributed by atoms with E-state index in [2.05, 4.69) is 5.32 Å². The molecule has 1 atom stereocenters. The second-order valence-corrected chi connectivity index (χ2v) is 4.41. The molecule has 0 aliphatic carbocycles. The molecule has 0 saturated carbocycles. The largest absolute Gasteiger partial charge is 0.390 e. The number of rotatable bonds is 4. The Morgan fingerprint density at radius 3 is 2.56 bits per heavy atom. The first-order valence-electron chi connectivity index (χ1n) is 5.60. The van der Waals surface area contributed by atoms with Gasteiger partial charge in [0.15, 0.2) is 0 Å². The second-order valence-electron chi connectivity index (χ2n) is 4.41. The Kier molecular flexibility index (Phi) is 4.41. The van der Waals surface area contributed by atoms with E-state index in [-0.39, 0.29) is 0 Å². The fourth-order valence-electron chi connectivity index (χ4n) is 1.75. The average molecular weight is 259 g/mol. The van der Waals surface area contributed by atoms with Gasteiger partial charge in [-0.2, -0.15) is 18.4 Å². The Morgan fingerprint density at radius 1 is 1.50 bits per heavy atom. The molecular formula is C12H16F3N3. The van der Waals surface area contributed by atoms with Gasteiger partial charge in [-0.1, -0.05) is 0 Å². The molecule has 3 nitrogen and oxygen atoms in total. The Hall–Kier alpha value is -1.48. The predicted molar refractivity (Wildman–Crippen MR) is 61.8 cm³/mol. The van der Waals surface area contributed by atoms with E-state index >= 15 is 0 Å². The van der Waals surface area contributed by atoms with Crippen LogP contribution in [0.5, 0.6) is 0 Å². The second kappa shape index (κ2) is 5.44. The van der Waals surface area contributed by atoms with Gasteiger partial charge in [0.05, 0.1) is 6.42 Å². The van der Waals surface area contributed by atoms with Crippen molar-refractivity contribution >= 4 is 0 Å². The molecule has 0 aliphatic heterocycles. The summed E-state index contributed by atoms with van der Waals surface area (Å²) >= 11 is 0. The molecular weight excluding hydrogens is 243 g/mol. The summed E-state index contributed by atoms with van der Waals surface area (Å²) in [5, 5.41) is 11.7. The third-order valence-electron chi connectivity index (χ3n) is 2.93. The lowest BCUT2D eigenvalue weighted by Gasteiger charge is -2.15. The van der Waals surface area contributed by atoms with E-state index in [1.165, 1.54) is 6.92 Å². The molecule has 0 amide bonds. The lowest BCUT2D eigenvalue weighted by molar-refractivity contribution is -0.139. The minimum absolute atomic E-state index is 0.332. The minimum atomic E-state index is -4.16. The van der Waals surface area contributed by atoms with Crippen LogP contribution in [0, 0.1) is 18.3 Å². The fraction of sp³-hybridized carbons (Fsp3) is 0.583. The van der Waals surface area contributed by atoms with Crippen LogP contribution in [0.15, 0.2) is 6.07 Å². The van der Waals surface area contributed by atoms with E-state index < -0.39 is 18.6 Å². The summed E-state index contributed by atoms with van der Waals surface area (Å²) < 4.78 is 38.2. The standard InChI is InChI=1S/C12H16F3N3/c1-8(5-12(13,14)15)17-7-10-4-11(6-16)18(3)9(10)2/h4,8,17H,5,7H2,1-3H3. The SMILES string of the molecule is Cc1c(CNC(C)CC(F)(F)F)cc(C#N)n1C. The topological polar surface area (TPSA) is 40.8 Å². The van der Waals surface area contributed by atoms with E-state index in [9.17, 15) is 13.2 Å². The van der Waals surface area contributed by atoms with Crippen molar-refractivity contribution in [3.8, 4) is 6.07 Å². The lowest BCUT2D eigenvalue weighted by atomic mass is 10.2. The van der Waals surface area contributed by atoms with Gasteiger partial charge in [-0.05, 0) is 25.5 Å².